The first kappa shape index (κ1) is 10.6. The third-order valence-electron chi connectivity index (χ3n) is 2.26. The summed E-state index contributed by atoms with van der Waals surface area (Å²) in [6, 6.07) is 0. The van der Waals surface area contributed by atoms with Gasteiger partial charge in [-0.15, -0.1) is 0 Å². The number of amides is 1. The fourth-order valence-corrected chi connectivity index (χ4v) is 1.50. The van der Waals surface area contributed by atoms with Crippen LogP contribution in [-0.2, 0) is 11.2 Å². The summed E-state index contributed by atoms with van der Waals surface area (Å²) in [5.74, 6) is 0.332. The third kappa shape index (κ3) is 1.52. The Morgan fingerprint density at radius 3 is 3.06 bits per heavy atom. The number of rotatable bonds is 2. The van der Waals surface area contributed by atoms with E-state index in [4.69, 9.17) is 10.9 Å². The van der Waals surface area contributed by atoms with Gasteiger partial charge >= 0.3 is 0 Å². The summed E-state index contributed by atoms with van der Waals surface area (Å²) in [7, 11) is 0. The second kappa shape index (κ2) is 3.89. The number of nitrogens with zero attached hydrogens (tertiary/aromatic N) is 4. The average molecular weight is 224 g/mol. The van der Waals surface area contributed by atoms with Crippen LogP contribution in [0.15, 0.2) is 5.16 Å². The second-order valence-corrected chi connectivity index (χ2v) is 3.43. The van der Waals surface area contributed by atoms with E-state index in [1.54, 1.807) is 0 Å². The highest BCUT2D eigenvalue weighted by Gasteiger charge is 2.32. The molecule has 0 spiro atoms. The van der Waals surface area contributed by atoms with Crippen LogP contribution in [0.25, 0.3) is 0 Å². The lowest BCUT2D eigenvalue weighted by Crippen LogP contribution is -2.42. The highest BCUT2D eigenvalue weighted by Crippen LogP contribution is 2.17. The third-order valence-corrected chi connectivity index (χ3v) is 2.26. The molecular formula is C8H12N6O2. The number of oxime groups is 1. The van der Waals surface area contributed by atoms with Gasteiger partial charge in [-0.3, -0.25) is 10.1 Å². The molecule has 0 aromatic carbocycles. The number of fused-ring (bicyclic) bond motifs is 1. The highest BCUT2D eigenvalue weighted by molar-refractivity contribution is 6.44. The van der Waals surface area contributed by atoms with Gasteiger partial charge in [0, 0.05) is 6.42 Å². The van der Waals surface area contributed by atoms with Gasteiger partial charge in [0.05, 0.1) is 0 Å². The molecule has 2 heterocycles. The molecule has 1 aliphatic rings. The lowest BCUT2D eigenvalue weighted by molar-refractivity contribution is -0.111. The summed E-state index contributed by atoms with van der Waals surface area (Å²) in [4.78, 5) is 15.5. The topological polar surface area (TPSA) is 118 Å². The van der Waals surface area contributed by atoms with E-state index >= 15 is 0 Å². The van der Waals surface area contributed by atoms with Crippen molar-refractivity contribution in [2.75, 3.05) is 5.32 Å². The SMILES string of the molecule is CCCc1nc2n(n1)[C@@H](N)/C(=N\O)C(=O)N2. The summed E-state index contributed by atoms with van der Waals surface area (Å²) in [6.45, 7) is 2.00. The van der Waals surface area contributed by atoms with E-state index in [0.717, 1.165) is 6.42 Å². The molecule has 8 heteroatoms. The molecule has 1 amide bonds. The van der Waals surface area contributed by atoms with Gasteiger partial charge in [0.2, 0.25) is 5.95 Å². The van der Waals surface area contributed by atoms with Gasteiger partial charge in [0.25, 0.3) is 5.91 Å². The zero-order valence-corrected chi connectivity index (χ0v) is 8.71. The highest BCUT2D eigenvalue weighted by atomic mass is 16.4. The number of nitrogens with two attached hydrogens (primary N) is 1. The molecule has 8 nitrogen and oxygen atoms in total. The Kier molecular flexibility index (Phi) is 2.57. The molecule has 0 fully saturated rings. The molecule has 0 radical (unpaired) electrons. The molecule has 0 saturated carbocycles. The monoisotopic (exact) mass is 224 g/mol. The van der Waals surface area contributed by atoms with Gasteiger partial charge in [-0.05, 0) is 6.42 Å². The molecule has 0 unspecified atom stereocenters. The molecule has 0 aliphatic carbocycles. The molecule has 1 aliphatic heterocycles. The smallest absolute Gasteiger partial charge is 0.279 e. The van der Waals surface area contributed by atoms with Crippen LogP contribution in [-0.4, -0.2) is 31.6 Å². The van der Waals surface area contributed by atoms with E-state index in [-0.39, 0.29) is 11.7 Å². The minimum atomic E-state index is -0.896. The molecule has 86 valence electrons. The Bertz CT molecular complexity index is 451. The van der Waals surface area contributed by atoms with Crippen LogP contribution in [0, 0.1) is 0 Å². The normalized spacial score (nSPS) is 22.0. The van der Waals surface area contributed by atoms with E-state index in [1.807, 2.05) is 6.92 Å². The molecule has 0 saturated heterocycles. The maximum absolute atomic E-state index is 11.4. The Morgan fingerprint density at radius 1 is 1.69 bits per heavy atom. The predicted molar refractivity (Wildman–Crippen MR) is 55.1 cm³/mol. The van der Waals surface area contributed by atoms with Crippen molar-refractivity contribution in [1.29, 1.82) is 0 Å². The van der Waals surface area contributed by atoms with Crippen LogP contribution in [0.2, 0.25) is 0 Å². The van der Waals surface area contributed by atoms with Crippen LogP contribution in [0.1, 0.15) is 25.3 Å². The zero-order chi connectivity index (χ0) is 11.7. The van der Waals surface area contributed by atoms with Gasteiger partial charge in [0.15, 0.2) is 17.7 Å². The Hall–Kier alpha value is -1.96. The average Bonchev–Trinajstić information content (AvgIpc) is 2.62. The van der Waals surface area contributed by atoms with Gasteiger partial charge in [0.1, 0.15) is 0 Å². The first-order valence-corrected chi connectivity index (χ1v) is 4.91. The van der Waals surface area contributed by atoms with E-state index in [1.165, 1.54) is 4.68 Å². The number of nitrogens with one attached hydrogen (secondary N) is 1. The number of carbonyl (C=O) groups excluding carboxylic acids is 1. The van der Waals surface area contributed by atoms with Gasteiger partial charge in [-0.1, -0.05) is 12.1 Å². The standard InChI is InChI=1S/C8H12N6O2/c1-2-3-4-10-8-11-7(15)5(13-16)6(9)14(8)12-4/h6,16H,2-3,9H2,1H3,(H,10,11,12,15)/b13-5+/t6-/m1/s1. The minimum Gasteiger partial charge on any atom is -0.410 e. The first-order valence-electron chi connectivity index (χ1n) is 4.91. The van der Waals surface area contributed by atoms with E-state index in [9.17, 15) is 4.79 Å². The summed E-state index contributed by atoms with van der Waals surface area (Å²) in [5.41, 5.74) is 5.53. The van der Waals surface area contributed by atoms with Crippen molar-refractivity contribution in [3.8, 4) is 0 Å². The number of hydrogen-bond acceptors (Lipinski definition) is 6. The Balaban J connectivity index is 2.40. The van der Waals surface area contributed by atoms with E-state index < -0.39 is 12.1 Å². The molecule has 1 aromatic heterocycles. The summed E-state index contributed by atoms with van der Waals surface area (Å²) in [6.07, 6.45) is 0.703. The number of hydrogen-bond donors (Lipinski definition) is 3. The van der Waals surface area contributed by atoms with Crippen LogP contribution >= 0.6 is 0 Å². The van der Waals surface area contributed by atoms with Crippen molar-refractivity contribution in [3.05, 3.63) is 5.82 Å². The van der Waals surface area contributed by atoms with Crippen molar-refractivity contribution in [2.24, 2.45) is 10.9 Å². The minimum absolute atomic E-state index is 0.180. The van der Waals surface area contributed by atoms with E-state index in [0.29, 0.717) is 12.2 Å². The van der Waals surface area contributed by atoms with E-state index in [2.05, 4.69) is 20.6 Å². The molecule has 0 bridgehead atoms. The summed E-state index contributed by atoms with van der Waals surface area (Å²) in [5, 5.41) is 18.1. The summed E-state index contributed by atoms with van der Waals surface area (Å²) >= 11 is 0. The zero-order valence-electron chi connectivity index (χ0n) is 8.71. The molecular weight excluding hydrogens is 212 g/mol. The number of aryl methyl sites for hydroxylation is 1. The largest absolute Gasteiger partial charge is 0.410 e. The Morgan fingerprint density at radius 2 is 2.44 bits per heavy atom. The maximum atomic E-state index is 11.4. The van der Waals surface area contributed by atoms with Crippen LogP contribution in [0.3, 0.4) is 0 Å². The van der Waals surface area contributed by atoms with Crippen LogP contribution in [0.4, 0.5) is 5.95 Å². The Labute approximate surface area is 91.1 Å². The molecule has 1 atom stereocenters. The van der Waals surface area contributed by atoms with Gasteiger partial charge < -0.3 is 10.9 Å². The molecule has 16 heavy (non-hydrogen) atoms. The molecule has 1 aromatic rings. The van der Waals surface area contributed by atoms with Crippen molar-refractivity contribution in [1.82, 2.24) is 14.8 Å². The summed E-state index contributed by atoms with van der Waals surface area (Å²) < 4.78 is 1.33. The van der Waals surface area contributed by atoms with Gasteiger partial charge in [-0.2, -0.15) is 10.1 Å². The number of aromatic nitrogens is 3. The van der Waals surface area contributed by atoms with Crippen molar-refractivity contribution in [2.45, 2.75) is 25.9 Å². The predicted octanol–water partition coefficient (Wildman–Crippen LogP) is -0.530. The fraction of sp³-hybridized carbons (Fsp3) is 0.500. The lowest BCUT2D eigenvalue weighted by Gasteiger charge is -2.19. The number of carbonyl (C=O) groups is 1. The quantitative estimate of drug-likeness (QED) is 0.461. The maximum Gasteiger partial charge on any atom is 0.279 e. The van der Waals surface area contributed by atoms with Gasteiger partial charge in [-0.25, -0.2) is 4.68 Å². The molecule has 2 rings (SSSR count). The second-order valence-electron chi connectivity index (χ2n) is 3.43. The fourth-order valence-electron chi connectivity index (χ4n) is 1.50. The van der Waals surface area contributed by atoms with Crippen molar-refractivity contribution in [3.63, 3.8) is 0 Å². The molecule has 4 N–H and O–H groups in total. The van der Waals surface area contributed by atoms with Crippen molar-refractivity contribution >= 4 is 17.6 Å². The first-order chi connectivity index (χ1) is 7.67. The number of anilines is 1. The van der Waals surface area contributed by atoms with Crippen LogP contribution < -0.4 is 11.1 Å². The lowest BCUT2D eigenvalue weighted by atomic mass is 10.2. The van der Waals surface area contributed by atoms with Crippen molar-refractivity contribution < 1.29 is 10.0 Å². The van der Waals surface area contributed by atoms with Crippen LogP contribution in [0.5, 0.6) is 0 Å².